The van der Waals surface area contributed by atoms with Crippen LogP contribution in [0.4, 0.5) is 5.69 Å². The van der Waals surface area contributed by atoms with Crippen molar-refractivity contribution in [3.05, 3.63) is 65.7 Å². The van der Waals surface area contributed by atoms with Gasteiger partial charge in [-0.3, -0.25) is 4.79 Å². The van der Waals surface area contributed by atoms with Crippen molar-refractivity contribution in [1.29, 1.82) is 0 Å². The van der Waals surface area contributed by atoms with Crippen molar-refractivity contribution in [2.24, 2.45) is 10.2 Å². The van der Waals surface area contributed by atoms with Crippen molar-refractivity contribution in [3.8, 4) is 0 Å². The maximum Gasteiger partial charge on any atom is 0.189 e. The topological polar surface area (TPSA) is 45.0 Å². The van der Waals surface area contributed by atoms with Crippen LogP contribution in [0.25, 0.3) is 0 Å². The summed E-state index contributed by atoms with van der Waals surface area (Å²) in [6, 6.07) is 17.3. The van der Waals surface area contributed by atoms with Gasteiger partial charge in [0.05, 0.1) is 6.54 Å². The molecule has 1 heterocycles. The van der Waals surface area contributed by atoms with E-state index in [-0.39, 0.29) is 11.7 Å². The summed E-state index contributed by atoms with van der Waals surface area (Å²) in [6.45, 7) is 0.580. The van der Waals surface area contributed by atoms with Gasteiger partial charge < -0.3 is 4.90 Å². The van der Waals surface area contributed by atoms with Gasteiger partial charge in [0.1, 0.15) is 6.04 Å². The third-order valence-corrected chi connectivity index (χ3v) is 4.03. The minimum Gasteiger partial charge on any atom is -0.378 e. The van der Waals surface area contributed by atoms with E-state index in [0.29, 0.717) is 12.1 Å². The number of benzene rings is 2. The predicted molar refractivity (Wildman–Crippen MR) is 87.8 cm³/mol. The van der Waals surface area contributed by atoms with Gasteiger partial charge >= 0.3 is 0 Å². The predicted octanol–water partition coefficient (Wildman–Crippen LogP) is 3.55. The Labute approximate surface area is 130 Å². The summed E-state index contributed by atoms with van der Waals surface area (Å²) < 4.78 is 0. The largest absolute Gasteiger partial charge is 0.378 e. The van der Waals surface area contributed by atoms with E-state index in [9.17, 15) is 4.79 Å². The van der Waals surface area contributed by atoms with Crippen molar-refractivity contribution in [2.75, 3.05) is 25.5 Å². The molecule has 112 valence electrons. The van der Waals surface area contributed by atoms with Crippen LogP contribution in [0.2, 0.25) is 0 Å². The van der Waals surface area contributed by atoms with Gasteiger partial charge in [-0.1, -0.05) is 30.3 Å². The summed E-state index contributed by atoms with van der Waals surface area (Å²) in [5, 5.41) is 8.30. The molecular formula is C18H19N3O. The fourth-order valence-electron chi connectivity index (χ4n) is 2.72. The Morgan fingerprint density at radius 1 is 1.05 bits per heavy atom. The fraction of sp³-hybridized carbons (Fsp3) is 0.278. The lowest BCUT2D eigenvalue weighted by Crippen LogP contribution is -2.25. The van der Waals surface area contributed by atoms with Crippen LogP contribution in [0.15, 0.2) is 64.8 Å². The van der Waals surface area contributed by atoms with Gasteiger partial charge in [0.25, 0.3) is 0 Å². The summed E-state index contributed by atoms with van der Waals surface area (Å²) in [5.74, 6) is 0.0858. The van der Waals surface area contributed by atoms with Gasteiger partial charge in [0.2, 0.25) is 0 Å². The average molecular weight is 293 g/mol. The molecule has 2 aromatic carbocycles. The van der Waals surface area contributed by atoms with Crippen LogP contribution < -0.4 is 4.90 Å². The third-order valence-electron chi connectivity index (χ3n) is 4.03. The minimum atomic E-state index is -0.410. The number of carbonyl (C=O) groups is 1. The zero-order valence-corrected chi connectivity index (χ0v) is 12.8. The second kappa shape index (κ2) is 6.10. The first-order valence-electron chi connectivity index (χ1n) is 7.40. The highest BCUT2D eigenvalue weighted by Crippen LogP contribution is 2.30. The van der Waals surface area contributed by atoms with Gasteiger partial charge in [-0.15, -0.1) is 0 Å². The normalized spacial score (nSPS) is 20.1. The van der Waals surface area contributed by atoms with Crippen molar-refractivity contribution < 1.29 is 4.79 Å². The third kappa shape index (κ3) is 2.77. The number of hydrogen-bond donors (Lipinski definition) is 0. The maximum absolute atomic E-state index is 12.7. The van der Waals surface area contributed by atoms with Crippen molar-refractivity contribution in [2.45, 2.75) is 12.0 Å². The first-order valence-corrected chi connectivity index (χ1v) is 7.40. The summed E-state index contributed by atoms with van der Waals surface area (Å²) >= 11 is 0. The molecule has 0 fully saturated rings. The zero-order chi connectivity index (χ0) is 15.5. The maximum atomic E-state index is 12.7. The first-order chi connectivity index (χ1) is 10.7. The lowest BCUT2D eigenvalue weighted by molar-refractivity contribution is 0.0956. The molecule has 4 heteroatoms. The second-order valence-electron chi connectivity index (χ2n) is 5.71. The van der Waals surface area contributed by atoms with Gasteiger partial charge in [0, 0.05) is 31.3 Å². The van der Waals surface area contributed by atoms with Crippen molar-refractivity contribution in [3.63, 3.8) is 0 Å². The second-order valence-corrected chi connectivity index (χ2v) is 5.71. The molecule has 2 aromatic rings. The molecule has 0 unspecified atom stereocenters. The quantitative estimate of drug-likeness (QED) is 0.809. The monoisotopic (exact) mass is 293 g/mol. The van der Waals surface area contributed by atoms with Crippen molar-refractivity contribution in [1.82, 2.24) is 0 Å². The Morgan fingerprint density at radius 2 is 1.73 bits per heavy atom. The van der Waals surface area contributed by atoms with E-state index in [1.165, 1.54) is 0 Å². The molecule has 3 rings (SSSR count). The SMILES string of the molecule is CN(C)c1ccc(C(=O)[C@H]2N=NC[C@H]2c2ccccc2)cc1. The smallest absolute Gasteiger partial charge is 0.189 e. The summed E-state index contributed by atoms with van der Waals surface area (Å²) in [5.41, 5.74) is 2.89. The van der Waals surface area contributed by atoms with Gasteiger partial charge in [-0.2, -0.15) is 10.2 Å². The number of azo groups is 1. The molecule has 4 nitrogen and oxygen atoms in total. The number of rotatable bonds is 4. The van der Waals surface area contributed by atoms with Gasteiger partial charge in [0.15, 0.2) is 5.78 Å². The van der Waals surface area contributed by atoms with Gasteiger partial charge in [-0.25, -0.2) is 0 Å². The molecular weight excluding hydrogens is 274 g/mol. The summed E-state index contributed by atoms with van der Waals surface area (Å²) in [7, 11) is 3.96. The molecule has 0 amide bonds. The molecule has 0 aromatic heterocycles. The zero-order valence-electron chi connectivity index (χ0n) is 12.8. The summed E-state index contributed by atoms with van der Waals surface area (Å²) in [4.78, 5) is 14.8. The number of Topliss-reactive ketones (excluding diaryl/α,β-unsaturated/α-hetero) is 1. The van der Waals surface area contributed by atoms with Gasteiger partial charge in [-0.05, 0) is 29.8 Å². The molecule has 0 spiro atoms. The summed E-state index contributed by atoms with van der Waals surface area (Å²) in [6.07, 6.45) is 0. The van der Waals surface area contributed by atoms with Crippen LogP contribution in [0.1, 0.15) is 21.8 Å². The molecule has 2 atom stereocenters. The van der Waals surface area contributed by atoms with Crippen LogP contribution in [0, 0.1) is 0 Å². The number of ketones is 1. The molecule has 0 saturated heterocycles. The van der Waals surface area contributed by atoms with E-state index in [2.05, 4.69) is 10.2 Å². The molecule has 0 radical (unpaired) electrons. The Balaban J connectivity index is 1.83. The average Bonchev–Trinajstić information content (AvgIpc) is 3.04. The Bertz CT molecular complexity index is 677. The highest BCUT2D eigenvalue weighted by molar-refractivity contribution is 6.01. The Hall–Kier alpha value is -2.49. The van der Waals surface area contributed by atoms with E-state index in [1.807, 2.05) is 73.6 Å². The fourth-order valence-corrected chi connectivity index (χ4v) is 2.72. The van der Waals surface area contributed by atoms with Crippen LogP contribution in [-0.2, 0) is 0 Å². The van der Waals surface area contributed by atoms with E-state index in [0.717, 1.165) is 11.3 Å². The Kier molecular flexibility index (Phi) is 4.00. The first kappa shape index (κ1) is 14.4. The lowest BCUT2D eigenvalue weighted by Gasteiger charge is -2.17. The molecule has 0 bridgehead atoms. The molecule has 0 saturated carbocycles. The Morgan fingerprint density at radius 3 is 2.36 bits per heavy atom. The molecule has 22 heavy (non-hydrogen) atoms. The van der Waals surface area contributed by atoms with E-state index in [1.54, 1.807) is 0 Å². The van der Waals surface area contributed by atoms with Crippen LogP contribution in [-0.4, -0.2) is 32.5 Å². The molecule has 1 aliphatic rings. The minimum absolute atomic E-state index is 0.0420. The standard InChI is InChI=1S/C18H19N3O/c1-21(2)15-10-8-14(9-11-15)18(22)17-16(12-19-20-17)13-6-4-3-5-7-13/h3-11,16-17H,12H2,1-2H3/t16-,17-/m0/s1. The number of carbonyl (C=O) groups excluding carboxylic acids is 1. The number of nitrogens with zero attached hydrogens (tertiary/aromatic N) is 3. The highest BCUT2D eigenvalue weighted by atomic mass is 16.1. The van der Waals surface area contributed by atoms with E-state index >= 15 is 0 Å². The number of anilines is 1. The number of hydrogen-bond acceptors (Lipinski definition) is 4. The highest BCUT2D eigenvalue weighted by Gasteiger charge is 2.33. The van der Waals surface area contributed by atoms with Crippen LogP contribution in [0.3, 0.4) is 0 Å². The molecule has 1 aliphatic heterocycles. The van der Waals surface area contributed by atoms with Crippen molar-refractivity contribution >= 4 is 11.5 Å². The lowest BCUT2D eigenvalue weighted by atomic mass is 9.88. The van der Waals surface area contributed by atoms with Crippen LogP contribution in [0.5, 0.6) is 0 Å². The molecule has 0 N–H and O–H groups in total. The molecule has 0 aliphatic carbocycles. The van der Waals surface area contributed by atoms with Crippen LogP contribution >= 0.6 is 0 Å². The van der Waals surface area contributed by atoms with E-state index < -0.39 is 6.04 Å². The van der Waals surface area contributed by atoms with E-state index in [4.69, 9.17) is 0 Å².